The highest BCUT2D eigenvalue weighted by molar-refractivity contribution is 8.01. The summed E-state index contributed by atoms with van der Waals surface area (Å²) in [5.74, 6) is -0.337. The van der Waals surface area contributed by atoms with Gasteiger partial charge in [-0.3, -0.25) is 19.9 Å². The molecule has 0 aliphatic heterocycles. The SMILES string of the molecule is O=C(Nc1ccon1)c1cc([N+](=O)[O-])c(Sc2c(Cl)cncc2Cl)s1. The van der Waals surface area contributed by atoms with Crippen LogP contribution in [0.3, 0.4) is 0 Å². The quantitative estimate of drug-likeness (QED) is 0.471. The lowest BCUT2D eigenvalue weighted by Gasteiger charge is -2.03. The minimum atomic E-state index is -0.575. The van der Waals surface area contributed by atoms with Gasteiger partial charge in [-0.05, 0) is 0 Å². The second-order valence-electron chi connectivity index (χ2n) is 4.41. The molecule has 0 unspecified atom stereocenters. The molecule has 1 amide bonds. The largest absolute Gasteiger partial charge is 0.363 e. The molecule has 25 heavy (non-hydrogen) atoms. The van der Waals surface area contributed by atoms with Crippen molar-refractivity contribution in [3.63, 3.8) is 0 Å². The van der Waals surface area contributed by atoms with Crippen LogP contribution in [-0.2, 0) is 0 Å². The van der Waals surface area contributed by atoms with Gasteiger partial charge in [0.1, 0.15) is 15.3 Å². The summed E-state index contributed by atoms with van der Waals surface area (Å²) in [5.41, 5.74) is -0.218. The Bertz CT molecular complexity index is 925. The van der Waals surface area contributed by atoms with Crippen LogP contribution in [0.15, 0.2) is 44.4 Å². The van der Waals surface area contributed by atoms with Gasteiger partial charge in [-0.15, -0.1) is 11.3 Å². The average molecular weight is 417 g/mol. The molecule has 0 saturated carbocycles. The van der Waals surface area contributed by atoms with E-state index in [1.807, 2.05) is 0 Å². The van der Waals surface area contributed by atoms with Crippen molar-refractivity contribution >= 4 is 63.7 Å². The monoisotopic (exact) mass is 416 g/mol. The Morgan fingerprint density at radius 2 is 2.08 bits per heavy atom. The summed E-state index contributed by atoms with van der Waals surface area (Å²) in [6, 6.07) is 2.64. The first-order valence-corrected chi connectivity index (χ1v) is 8.81. The van der Waals surface area contributed by atoms with Gasteiger partial charge in [-0.25, -0.2) is 0 Å². The van der Waals surface area contributed by atoms with Crippen LogP contribution in [0.4, 0.5) is 11.5 Å². The van der Waals surface area contributed by atoms with E-state index in [4.69, 9.17) is 23.2 Å². The summed E-state index contributed by atoms with van der Waals surface area (Å²) in [4.78, 5) is 27.3. The molecule has 0 fully saturated rings. The smallest absolute Gasteiger partial charge is 0.294 e. The third-order valence-electron chi connectivity index (χ3n) is 2.78. The number of pyridine rings is 1. The van der Waals surface area contributed by atoms with Gasteiger partial charge in [-0.1, -0.05) is 40.1 Å². The number of thiophene rings is 1. The molecule has 0 radical (unpaired) electrons. The fourth-order valence-electron chi connectivity index (χ4n) is 1.72. The van der Waals surface area contributed by atoms with E-state index in [9.17, 15) is 14.9 Å². The third kappa shape index (κ3) is 3.93. The fourth-order valence-corrected chi connectivity index (χ4v) is 4.48. The highest BCUT2D eigenvalue weighted by atomic mass is 35.5. The Morgan fingerprint density at radius 1 is 1.36 bits per heavy atom. The van der Waals surface area contributed by atoms with Crippen LogP contribution in [0.5, 0.6) is 0 Å². The zero-order valence-electron chi connectivity index (χ0n) is 11.9. The maximum atomic E-state index is 12.2. The number of anilines is 1. The van der Waals surface area contributed by atoms with Crippen molar-refractivity contribution in [3.8, 4) is 0 Å². The number of halogens is 2. The second-order valence-corrected chi connectivity index (χ2v) is 7.56. The predicted molar refractivity (Wildman–Crippen MR) is 93.8 cm³/mol. The first-order valence-electron chi connectivity index (χ1n) is 6.42. The molecule has 0 atom stereocenters. The summed E-state index contributed by atoms with van der Waals surface area (Å²) in [6.07, 6.45) is 4.06. The molecule has 3 aromatic heterocycles. The van der Waals surface area contributed by atoms with Crippen molar-refractivity contribution in [1.29, 1.82) is 0 Å². The van der Waals surface area contributed by atoms with Crippen molar-refractivity contribution in [1.82, 2.24) is 10.1 Å². The van der Waals surface area contributed by atoms with Crippen molar-refractivity contribution in [2.75, 3.05) is 5.32 Å². The predicted octanol–water partition coefficient (Wildman–Crippen LogP) is 4.75. The van der Waals surface area contributed by atoms with E-state index in [0.29, 0.717) is 4.90 Å². The maximum Gasteiger partial charge on any atom is 0.294 e. The molecule has 1 N–H and O–H groups in total. The number of rotatable bonds is 5. The summed E-state index contributed by atoms with van der Waals surface area (Å²) < 4.78 is 4.88. The Hall–Kier alpha value is -2.14. The van der Waals surface area contributed by atoms with E-state index < -0.39 is 10.8 Å². The van der Waals surface area contributed by atoms with Crippen LogP contribution < -0.4 is 5.32 Å². The summed E-state index contributed by atoms with van der Waals surface area (Å²) in [6.45, 7) is 0. The van der Waals surface area contributed by atoms with E-state index in [1.165, 1.54) is 30.8 Å². The van der Waals surface area contributed by atoms with Gasteiger partial charge in [0.05, 0.1) is 19.9 Å². The number of nitro groups is 1. The van der Waals surface area contributed by atoms with Crippen LogP contribution in [0.2, 0.25) is 10.0 Å². The van der Waals surface area contributed by atoms with E-state index in [2.05, 4.69) is 20.0 Å². The molecule has 3 rings (SSSR count). The van der Waals surface area contributed by atoms with Crippen molar-refractivity contribution in [2.45, 2.75) is 9.10 Å². The Morgan fingerprint density at radius 3 is 2.68 bits per heavy atom. The normalized spacial score (nSPS) is 10.6. The van der Waals surface area contributed by atoms with Crippen molar-refractivity contribution < 1.29 is 14.2 Å². The number of aromatic nitrogens is 2. The molecule has 0 aliphatic carbocycles. The highest BCUT2D eigenvalue weighted by Crippen LogP contribution is 2.45. The van der Waals surface area contributed by atoms with Crippen LogP contribution in [0.1, 0.15) is 9.67 Å². The number of nitrogens with zero attached hydrogens (tertiary/aromatic N) is 3. The average Bonchev–Trinajstić information content (AvgIpc) is 3.20. The topological polar surface area (TPSA) is 111 Å². The standard InChI is InChI=1S/C13H6Cl2N4O4S2/c14-6-4-16-5-7(15)11(6)25-13-8(19(21)22)3-9(24-13)12(20)17-10-1-2-23-18-10/h1-5H,(H,17,18,20). The zero-order valence-corrected chi connectivity index (χ0v) is 15.1. The van der Waals surface area contributed by atoms with E-state index in [0.717, 1.165) is 23.1 Å². The molecule has 0 spiro atoms. The highest BCUT2D eigenvalue weighted by Gasteiger charge is 2.25. The maximum absolute atomic E-state index is 12.2. The van der Waals surface area contributed by atoms with E-state index in [1.54, 1.807) is 0 Å². The van der Waals surface area contributed by atoms with Crippen LogP contribution in [0.25, 0.3) is 0 Å². The second kappa shape index (κ2) is 7.40. The lowest BCUT2D eigenvalue weighted by Crippen LogP contribution is -2.10. The van der Waals surface area contributed by atoms with E-state index in [-0.39, 0.29) is 30.6 Å². The molecular weight excluding hydrogens is 411 g/mol. The van der Waals surface area contributed by atoms with Gasteiger partial charge in [-0.2, -0.15) is 0 Å². The number of nitrogens with one attached hydrogen (secondary N) is 1. The number of carbonyl (C=O) groups excluding carboxylic acids is 1. The molecule has 0 aliphatic rings. The van der Waals surface area contributed by atoms with Crippen LogP contribution >= 0.6 is 46.3 Å². The summed E-state index contributed by atoms with van der Waals surface area (Å²) in [7, 11) is 0. The third-order valence-corrected chi connectivity index (χ3v) is 6.04. The summed E-state index contributed by atoms with van der Waals surface area (Å²) in [5, 5.41) is 17.8. The molecule has 0 bridgehead atoms. The van der Waals surface area contributed by atoms with E-state index >= 15 is 0 Å². The van der Waals surface area contributed by atoms with Crippen molar-refractivity contribution in [2.24, 2.45) is 0 Å². The number of hydrogen-bond acceptors (Lipinski definition) is 8. The lowest BCUT2D eigenvalue weighted by molar-refractivity contribution is -0.387. The first-order chi connectivity index (χ1) is 12.0. The molecule has 12 heteroatoms. The first kappa shape index (κ1) is 17.7. The van der Waals surface area contributed by atoms with Gasteiger partial charge in [0, 0.05) is 24.5 Å². The number of carbonyl (C=O) groups is 1. The number of hydrogen-bond donors (Lipinski definition) is 1. The Balaban J connectivity index is 1.92. The zero-order chi connectivity index (χ0) is 18.0. The number of amides is 1. The Kier molecular flexibility index (Phi) is 5.23. The molecule has 0 saturated heterocycles. The Labute approximate surface area is 158 Å². The van der Waals surface area contributed by atoms with Gasteiger partial charge in [0.2, 0.25) is 0 Å². The minimum Gasteiger partial charge on any atom is -0.363 e. The summed E-state index contributed by atoms with van der Waals surface area (Å²) >= 11 is 14.0. The lowest BCUT2D eigenvalue weighted by atomic mass is 10.4. The van der Waals surface area contributed by atoms with Gasteiger partial charge in [0.15, 0.2) is 5.82 Å². The fraction of sp³-hybridized carbons (Fsp3) is 0. The van der Waals surface area contributed by atoms with Gasteiger partial charge >= 0.3 is 0 Å². The molecule has 128 valence electrons. The van der Waals surface area contributed by atoms with Gasteiger partial charge < -0.3 is 9.84 Å². The minimum absolute atomic E-state index is 0.138. The molecule has 0 aromatic carbocycles. The molecule has 3 heterocycles. The van der Waals surface area contributed by atoms with Crippen LogP contribution in [0, 0.1) is 10.1 Å². The van der Waals surface area contributed by atoms with Crippen LogP contribution in [-0.4, -0.2) is 21.0 Å². The molecular formula is C13H6Cl2N4O4S2. The van der Waals surface area contributed by atoms with Crippen molar-refractivity contribution in [3.05, 3.63) is 55.8 Å². The van der Waals surface area contributed by atoms with Gasteiger partial charge in [0.25, 0.3) is 11.6 Å². The molecule has 8 nitrogen and oxygen atoms in total. The molecule has 3 aromatic rings.